The number of carboxylic acids is 1. The van der Waals surface area contributed by atoms with Crippen LogP contribution in [0.25, 0.3) is 0 Å². The highest BCUT2D eigenvalue weighted by molar-refractivity contribution is 5.85. The van der Waals surface area contributed by atoms with E-state index in [1.54, 1.807) is 0 Å². The summed E-state index contributed by atoms with van der Waals surface area (Å²) < 4.78 is 0. The Labute approximate surface area is 85.5 Å². The van der Waals surface area contributed by atoms with Crippen molar-refractivity contribution >= 4 is 18.4 Å². The Bertz CT molecular complexity index is 173. The van der Waals surface area contributed by atoms with Crippen molar-refractivity contribution in [2.45, 2.75) is 31.7 Å². The molecule has 1 fully saturated rings. The van der Waals surface area contributed by atoms with Gasteiger partial charge in [0.05, 0.1) is 5.92 Å². The number of aliphatic carboxylic acids is 1. The number of rotatable bonds is 2. The molecule has 1 aliphatic rings. The van der Waals surface area contributed by atoms with Crippen molar-refractivity contribution in [3.05, 3.63) is 0 Å². The minimum Gasteiger partial charge on any atom is -0.481 e. The lowest BCUT2D eigenvalue weighted by Crippen LogP contribution is -2.35. The summed E-state index contributed by atoms with van der Waals surface area (Å²) in [5.41, 5.74) is 0. The van der Waals surface area contributed by atoms with Gasteiger partial charge in [-0.15, -0.1) is 12.4 Å². The first kappa shape index (κ1) is 12.7. The molecule has 0 aromatic heterocycles. The molecule has 3 nitrogen and oxygen atoms in total. The van der Waals surface area contributed by atoms with E-state index in [2.05, 4.69) is 4.90 Å². The van der Waals surface area contributed by atoms with Crippen LogP contribution < -0.4 is 0 Å². The Hall–Kier alpha value is -0.280. The average molecular weight is 208 g/mol. The van der Waals surface area contributed by atoms with E-state index in [4.69, 9.17) is 5.11 Å². The van der Waals surface area contributed by atoms with Gasteiger partial charge in [-0.25, -0.2) is 0 Å². The maximum Gasteiger partial charge on any atom is 0.306 e. The van der Waals surface area contributed by atoms with Crippen molar-refractivity contribution in [3.8, 4) is 0 Å². The molecule has 0 amide bonds. The molecule has 0 saturated heterocycles. The fourth-order valence-electron chi connectivity index (χ4n) is 1.86. The van der Waals surface area contributed by atoms with Crippen LogP contribution in [0.4, 0.5) is 0 Å². The molecule has 0 bridgehead atoms. The standard InChI is InChI=1S/C9H17NO2.ClH/c1-10(2)8-5-3-4-7(6-8)9(11)12;/h7-8H,3-6H2,1-2H3,(H,11,12);1H/t7-,8-;/m0./s1. The predicted molar refractivity (Wildman–Crippen MR) is 54.3 cm³/mol. The summed E-state index contributed by atoms with van der Waals surface area (Å²) in [4.78, 5) is 12.8. The van der Waals surface area contributed by atoms with Crippen LogP contribution in [-0.2, 0) is 4.79 Å². The van der Waals surface area contributed by atoms with Gasteiger partial charge in [0.1, 0.15) is 0 Å². The van der Waals surface area contributed by atoms with Crippen LogP contribution in [0.5, 0.6) is 0 Å². The van der Waals surface area contributed by atoms with E-state index in [9.17, 15) is 4.79 Å². The van der Waals surface area contributed by atoms with Gasteiger partial charge in [-0.1, -0.05) is 6.42 Å². The fraction of sp³-hybridized carbons (Fsp3) is 0.889. The highest BCUT2D eigenvalue weighted by Crippen LogP contribution is 2.26. The second kappa shape index (κ2) is 5.45. The highest BCUT2D eigenvalue weighted by Gasteiger charge is 2.27. The lowest BCUT2D eigenvalue weighted by molar-refractivity contribution is -0.143. The first-order chi connectivity index (χ1) is 5.61. The van der Waals surface area contributed by atoms with Crippen molar-refractivity contribution in [3.63, 3.8) is 0 Å². The minimum atomic E-state index is -0.624. The first-order valence-corrected chi connectivity index (χ1v) is 4.50. The van der Waals surface area contributed by atoms with Crippen LogP contribution in [0.3, 0.4) is 0 Å². The molecule has 0 radical (unpaired) electrons. The Morgan fingerprint density at radius 1 is 1.38 bits per heavy atom. The zero-order valence-corrected chi connectivity index (χ0v) is 9.01. The molecule has 1 N–H and O–H groups in total. The molecular formula is C9H18ClNO2. The maximum absolute atomic E-state index is 10.7. The molecule has 0 aromatic carbocycles. The summed E-state index contributed by atoms with van der Waals surface area (Å²) in [6, 6.07) is 0.472. The van der Waals surface area contributed by atoms with Crippen molar-refractivity contribution in [2.24, 2.45) is 5.92 Å². The largest absolute Gasteiger partial charge is 0.481 e. The Morgan fingerprint density at radius 2 is 2.00 bits per heavy atom. The maximum atomic E-state index is 10.7. The summed E-state index contributed by atoms with van der Waals surface area (Å²) in [5, 5.41) is 8.82. The van der Waals surface area contributed by atoms with Crippen molar-refractivity contribution < 1.29 is 9.90 Å². The van der Waals surface area contributed by atoms with E-state index in [0.717, 1.165) is 25.7 Å². The van der Waals surface area contributed by atoms with E-state index < -0.39 is 5.97 Å². The summed E-state index contributed by atoms with van der Waals surface area (Å²) >= 11 is 0. The normalized spacial score (nSPS) is 28.2. The third-order valence-corrected chi connectivity index (χ3v) is 2.73. The molecule has 1 rings (SSSR count). The van der Waals surface area contributed by atoms with Crippen molar-refractivity contribution in [1.29, 1.82) is 0 Å². The zero-order chi connectivity index (χ0) is 9.14. The highest BCUT2D eigenvalue weighted by atomic mass is 35.5. The van der Waals surface area contributed by atoms with Crippen LogP contribution in [0.1, 0.15) is 25.7 Å². The number of hydrogen-bond donors (Lipinski definition) is 1. The van der Waals surface area contributed by atoms with Crippen LogP contribution in [0.15, 0.2) is 0 Å². The lowest BCUT2D eigenvalue weighted by atomic mass is 9.85. The second-order valence-corrected chi connectivity index (χ2v) is 3.82. The molecular weight excluding hydrogens is 190 g/mol. The van der Waals surface area contributed by atoms with Crippen molar-refractivity contribution in [1.82, 2.24) is 4.90 Å². The number of nitrogens with zero attached hydrogens (tertiary/aromatic N) is 1. The molecule has 0 unspecified atom stereocenters. The minimum absolute atomic E-state index is 0. The number of carboxylic acid groups (broad SMARTS) is 1. The van der Waals surface area contributed by atoms with E-state index in [1.807, 2.05) is 14.1 Å². The van der Waals surface area contributed by atoms with Gasteiger partial charge in [0.2, 0.25) is 0 Å². The summed E-state index contributed by atoms with van der Waals surface area (Å²) in [5.74, 6) is -0.729. The van der Waals surface area contributed by atoms with Crippen LogP contribution in [0.2, 0.25) is 0 Å². The molecule has 0 spiro atoms. The molecule has 78 valence electrons. The zero-order valence-electron chi connectivity index (χ0n) is 8.19. The Kier molecular flexibility index (Phi) is 5.33. The number of hydrogen-bond acceptors (Lipinski definition) is 2. The third-order valence-electron chi connectivity index (χ3n) is 2.73. The third kappa shape index (κ3) is 3.53. The first-order valence-electron chi connectivity index (χ1n) is 4.50. The van der Waals surface area contributed by atoms with Crippen LogP contribution in [0, 0.1) is 5.92 Å². The smallest absolute Gasteiger partial charge is 0.306 e. The molecule has 13 heavy (non-hydrogen) atoms. The molecule has 0 aliphatic heterocycles. The van der Waals surface area contributed by atoms with Gasteiger partial charge >= 0.3 is 5.97 Å². The second-order valence-electron chi connectivity index (χ2n) is 3.82. The van der Waals surface area contributed by atoms with Crippen LogP contribution in [-0.4, -0.2) is 36.1 Å². The Balaban J connectivity index is 0.00000144. The van der Waals surface area contributed by atoms with Gasteiger partial charge in [0, 0.05) is 6.04 Å². The molecule has 0 aromatic rings. The van der Waals surface area contributed by atoms with E-state index in [-0.39, 0.29) is 18.3 Å². The molecule has 1 saturated carbocycles. The van der Waals surface area contributed by atoms with Gasteiger partial charge in [-0.3, -0.25) is 4.79 Å². The topological polar surface area (TPSA) is 40.5 Å². The van der Waals surface area contributed by atoms with Gasteiger partial charge in [0.25, 0.3) is 0 Å². The van der Waals surface area contributed by atoms with E-state index >= 15 is 0 Å². The van der Waals surface area contributed by atoms with E-state index in [1.165, 1.54) is 0 Å². The quantitative estimate of drug-likeness (QED) is 0.748. The van der Waals surface area contributed by atoms with E-state index in [0.29, 0.717) is 6.04 Å². The van der Waals surface area contributed by atoms with Gasteiger partial charge in [-0.2, -0.15) is 0 Å². The lowest BCUT2D eigenvalue weighted by Gasteiger charge is -2.31. The van der Waals surface area contributed by atoms with Crippen LogP contribution >= 0.6 is 12.4 Å². The van der Waals surface area contributed by atoms with Crippen molar-refractivity contribution in [2.75, 3.05) is 14.1 Å². The number of carbonyl (C=O) groups is 1. The average Bonchev–Trinajstić information content (AvgIpc) is 2.04. The van der Waals surface area contributed by atoms with Gasteiger partial charge in [-0.05, 0) is 33.4 Å². The molecule has 0 heterocycles. The molecule has 1 aliphatic carbocycles. The number of halogens is 1. The summed E-state index contributed by atoms with van der Waals surface area (Å²) in [6.45, 7) is 0. The van der Waals surface area contributed by atoms with Gasteiger partial charge in [0.15, 0.2) is 0 Å². The summed E-state index contributed by atoms with van der Waals surface area (Å²) in [6.07, 6.45) is 3.89. The Morgan fingerprint density at radius 3 is 2.46 bits per heavy atom. The van der Waals surface area contributed by atoms with Gasteiger partial charge < -0.3 is 10.0 Å². The monoisotopic (exact) mass is 207 g/mol. The summed E-state index contributed by atoms with van der Waals surface area (Å²) in [7, 11) is 4.05. The predicted octanol–water partition coefficient (Wildman–Crippen LogP) is 1.61. The molecule has 2 atom stereocenters. The fourth-order valence-corrected chi connectivity index (χ4v) is 1.86. The molecule has 4 heteroatoms. The SMILES string of the molecule is CN(C)[C@H]1CCC[C@H](C(=O)O)C1.Cl.